The standard InChI is InChI=1S/C18H22N2O/c1-14-4-6-15(7-5-14)12-18(21)19-13-16-8-10-17(11-9-16)20(2)3/h4-11H,12-13H2,1-3H3,(H,19,21). The van der Waals surface area contributed by atoms with Crippen molar-refractivity contribution in [2.24, 2.45) is 0 Å². The number of anilines is 1. The van der Waals surface area contributed by atoms with E-state index >= 15 is 0 Å². The molecule has 0 spiro atoms. The molecule has 1 amide bonds. The smallest absolute Gasteiger partial charge is 0.224 e. The molecule has 0 radical (unpaired) electrons. The van der Waals surface area contributed by atoms with Crippen LogP contribution in [0.15, 0.2) is 48.5 Å². The lowest BCUT2D eigenvalue weighted by molar-refractivity contribution is -0.120. The van der Waals surface area contributed by atoms with Crippen molar-refractivity contribution in [2.75, 3.05) is 19.0 Å². The summed E-state index contributed by atoms with van der Waals surface area (Å²) in [6.45, 7) is 2.61. The summed E-state index contributed by atoms with van der Waals surface area (Å²) in [6.07, 6.45) is 0.427. The molecular formula is C18H22N2O. The van der Waals surface area contributed by atoms with Crippen LogP contribution in [0.25, 0.3) is 0 Å². The molecule has 0 aliphatic rings. The van der Waals surface area contributed by atoms with Gasteiger partial charge in [-0.2, -0.15) is 0 Å². The van der Waals surface area contributed by atoms with E-state index in [9.17, 15) is 4.79 Å². The average Bonchev–Trinajstić information content (AvgIpc) is 2.48. The Hall–Kier alpha value is -2.29. The van der Waals surface area contributed by atoms with E-state index in [0.29, 0.717) is 13.0 Å². The lowest BCUT2D eigenvalue weighted by atomic mass is 10.1. The highest BCUT2D eigenvalue weighted by molar-refractivity contribution is 5.78. The van der Waals surface area contributed by atoms with Gasteiger partial charge < -0.3 is 10.2 Å². The molecule has 0 saturated carbocycles. The van der Waals surface area contributed by atoms with Gasteiger partial charge in [0.15, 0.2) is 0 Å². The quantitative estimate of drug-likeness (QED) is 0.914. The Morgan fingerprint density at radius 2 is 1.52 bits per heavy atom. The van der Waals surface area contributed by atoms with Crippen LogP contribution in [0.1, 0.15) is 16.7 Å². The highest BCUT2D eigenvalue weighted by Crippen LogP contribution is 2.12. The molecule has 2 aromatic carbocycles. The van der Waals surface area contributed by atoms with Gasteiger partial charge in [-0.25, -0.2) is 0 Å². The van der Waals surface area contributed by atoms with Gasteiger partial charge in [-0.1, -0.05) is 42.0 Å². The normalized spacial score (nSPS) is 10.2. The highest BCUT2D eigenvalue weighted by Gasteiger charge is 2.03. The molecule has 0 aromatic heterocycles. The maximum absolute atomic E-state index is 11.9. The van der Waals surface area contributed by atoms with E-state index in [2.05, 4.69) is 22.3 Å². The highest BCUT2D eigenvalue weighted by atomic mass is 16.1. The zero-order valence-corrected chi connectivity index (χ0v) is 12.9. The number of benzene rings is 2. The predicted molar refractivity (Wildman–Crippen MR) is 87.5 cm³/mol. The number of rotatable bonds is 5. The van der Waals surface area contributed by atoms with Crippen molar-refractivity contribution in [1.82, 2.24) is 5.32 Å². The summed E-state index contributed by atoms with van der Waals surface area (Å²) >= 11 is 0. The Morgan fingerprint density at radius 3 is 2.10 bits per heavy atom. The van der Waals surface area contributed by atoms with Gasteiger partial charge in [-0.3, -0.25) is 4.79 Å². The van der Waals surface area contributed by atoms with Crippen LogP contribution >= 0.6 is 0 Å². The van der Waals surface area contributed by atoms with Crippen LogP contribution in [-0.2, 0) is 17.8 Å². The molecular weight excluding hydrogens is 260 g/mol. The summed E-state index contributed by atoms with van der Waals surface area (Å²) in [4.78, 5) is 14.0. The van der Waals surface area contributed by atoms with E-state index in [4.69, 9.17) is 0 Å². The Labute approximate surface area is 126 Å². The van der Waals surface area contributed by atoms with Gasteiger partial charge in [0.2, 0.25) is 5.91 Å². The number of nitrogens with zero attached hydrogens (tertiary/aromatic N) is 1. The van der Waals surface area contributed by atoms with E-state index in [1.54, 1.807) is 0 Å². The number of aryl methyl sites for hydroxylation is 1. The second-order valence-corrected chi connectivity index (χ2v) is 5.50. The maximum atomic E-state index is 11.9. The molecule has 2 rings (SSSR count). The molecule has 0 saturated heterocycles. The predicted octanol–water partition coefficient (Wildman–Crippen LogP) is 2.92. The summed E-state index contributed by atoms with van der Waals surface area (Å²) in [5.74, 6) is 0.0514. The zero-order valence-electron chi connectivity index (χ0n) is 12.9. The van der Waals surface area contributed by atoms with Crippen molar-refractivity contribution >= 4 is 11.6 Å². The van der Waals surface area contributed by atoms with E-state index < -0.39 is 0 Å². The lowest BCUT2D eigenvalue weighted by Gasteiger charge is -2.13. The Morgan fingerprint density at radius 1 is 0.952 bits per heavy atom. The van der Waals surface area contributed by atoms with Crippen LogP contribution in [0.4, 0.5) is 5.69 Å². The maximum Gasteiger partial charge on any atom is 0.224 e. The number of hydrogen-bond acceptors (Lipinski definition) is 2. The molecule has 3 nitrogen and oxygen atoms in total. The molecule has 0 aliphatic heterocycles. The van der Waals surface area contributed by atoms with E-state index in [-0.39, 0.29) is 5.91 Å². The van der Waals surface area contributed by atoms with Crippen LogP contribution in [0, 0.1) is 6.92 Å². The first-order valence-corrected chi connectivity index (χ1v) is 7.13. The molecule has 0 aliphatic carbocycles. The third-order valence-corrected chi connectivity index (χ3v) is 3.43. The van der Waals surface area contributed by atoms with E-state index in [1.165, 1.54) is 5.56 Å². The summed E-state index contributed by atoms with van der Waals surface area (Å²) in [5.41, 5.74) is 4.52. The molecule has 2 aromatic rings. The first kappa shape index (κ1) is 15.1. The van der Waals surface area contributed by atoms with Crippen LogP contribution in [-0.4, -0.2) is 20.0 Å². The molecule has 0 unspecified atom stereocenters. The molecule has 110 valence electrons. The van der Waals surface area contributed by atoms with Gasteiger partial charge in [0.25, 0.3) is 0 Å². The minimum atomic E-state index is 0.0514. The summed E-state index contributed by atoms with van der Waals surface area (Å²) in [6, 6.07) is 16.3. The largest absolute Gasteiger partial charge is 0.378 e. The number of amides is 1. The fourth-order valence-corrected chi connectivity index (χ4v) is 2.07. The zero-order chi connectivity index (χ0) is 15.2. The summed E-state index contributed by atoms with van der Waals surface area (Å²) < 4.78 is 0. The molecule has 0 bridgehead atoms. The minimum absolute atomic E-state index is 0.0514. The monoisotopic (exact) mass is 282 g/mol. The van der Waals surface area contributed by atoms with Gasteiger partial charge in [-0.15, -0.1) is 0 Å². The first-order chi connectivity index (χ1) is 10.0. The molecule has 0 atom stereocenters. The third kappa shape index (κ3) is 4.63. The number of carbonyl (C=O) groups excluding carboxylic acids is 1. The lowest BCUT2D eigenvalue weighted by Crippen LogP contribution is -2.24. The van der Waals surface area contributed by atoms with Crippen LogP contribution in [0.3, 0.4) is 0 Å². The van der Waals surface area contributed by atoms with E-state index in [1.807, 2.05) is 57.4 Å². The van der Waals surface area contributed by atoms with Crippen molar-refractivity contribution in [3.63, 3.8) is 0 Å². The molecule has 1 N–H and O–H groups in total. The number of hydrogen-bond donors (Lipinski definition) is 1. The Bertz CT molecular complexity index is 586. The Balaban J connectivity index is 1.84. The Kier molecular flexibility index (Phi) is 4.99. The minimum Gasteiger partial charge on any atom is -0.378 e. The molecule has 0 heterocycles. The van der Waals surface area contributed by atoms with Gasteiger partial charge in [0.05, 0.1) is 6.42 Å². The van der Waals surface area contributed by atoms with Crippen LogP contribution in [0.2, 0.25) is 0 Å². The van der Waals surface area contributed by atoms with Gasteiger partial charge in [0, 0.05) is 26.3 Å². The van der Waals surface area contributed by atoms with Crippen molar-refractivity contribution in [3.05, 3.63) is 65.2 Å². The first-order valence-electron chi connectivity index (χ1n) is 7.13. The SMILES string of the molecule is Cc1ccc(CC(=O)NCc2ccc(N(C)C)cc2)cc1. The number of carbonyl (C=O) groups is 1. The van der Waals surface area contributed by atoms with Crippen molar-refractivity contribution < 1.29 is 4.79 Å². The topological polar surface area (TPSA) is 32.3 Å². The fourth-order valence-electron chi connectivity index (χ4n) is 2.07. The second-order valence-electron chi connectivity index (χ2n) is 5.50. The van der Waals surface area contributed by atoms with Crippen molar-refractivity contribution in [2.45, 2.75) is 19.9 Å². The van der Waals surface area contributed by atoms with Crippen LogP contribution in [0.5, 0.6) is 0 Å². The van der Waals surface area contributed by atoms with Crippen molar-refractivity contribution in [1.29, 1.82) is 0 Å². The second kappa shape index (κ2) is 6.93. The van der Waals surface area contributed by atoms with Gasteiger partial charge in [0.1, 0.15) is 0 Å². The van der Waals surface area contributed by atoms with E-state index in [0.717, 1.165) is 16.8 Å². The third-order valence-electron chi connectivity index (χ3n) is 3.43. The summed E-state index contributed by atoms with van der Waals surface area (Å²) in [5, 5.41) is 2.96. The van der Waals surface area contributed by atoms with Gasteiger partial charge in [-0.05, 0) is 30.2 Å². The van der Waals surface area contributed by atoms with Gasteiger partial charge >= 0.3 is 0 Å². The average molecular weight is 282 g/mol. The molecule has 3 heteroatoms. The van der Waals surface area contributed by atoms with Crippen LogP contribution < -0.4 is 10.2 Å². The molecule has 21 heavy (non-hydrogen) atoms. The fraction of sp³-hybridized carbons (Fsp3) is 0.278. The summed E-state index contributed by atoms with van der Waals surface area (Å²) in [7, 11) is 4.02. The number of nitrogens with one attached hydrogen (secondary N) is 1. The molecule has 0 fully saturated rings. The van der Waals surface area contributed by atoms with Crippen molar-refractivity contribution in [3.8, 4) is 0 Å².